The van der Waals surface area contributed by atoms with Gasteiger partial charge in [-0.05, 0) is 67.7 Å². The number of nitrogens with one attached hydrogen (secondary N) is 2. The summed E-state index contributed by atoms with van der Waals surface area (Å²) in [6, 6.07) is 8.69. The summed E-state index contributed by atoms with van der Waals surface area (Å²) in [6.07, 6.45) is 2.32. The summed E-state index contributed by atoms with van der Waals surface area (Å²) in [5, 5.41) is 16.5. The van der Waals surface area contributed by atoms with E-state index in [1.807, 2.05) is 38.3 Å². The van der Waals surface area contributed by atoms with Crippen LogP contribution in [-0.2, 0) is 4.79 Å². The third-order valence-electron chi connectivity index (χ3n) is 4.13. The molecular formula is C20H22ClN3O4S. The first-order chi connectivity index (χ1) is 13.7. The molecule has 154 valence electrons. The van der Waals surface area contributed by atoms with E-state index in [2.05, 4.69) is 10.6 Å². The molecule has 7 nitrogen and oxygen atoms in total. The molecule has 0 bridgehead atoms. The number of halogens is 1. The summed E-state index contributed by atoms with van der Waals surface area (Å²) in [7, 11) is 0. The Morgan fingerprint density at radius 2 is 1.83 bits per heavy atom. The fraction of sp³-hybridized carbons (Fsp3) is 0.300. The Bertz CT molecular complexity index is 916. The van der Waals surface area contributed by atoms with Crippen LogP contribution >= 0.6 is 23.4 Å². The summed E-state index contributed by atoms with van der Waals surface area (Å²) in [5.74, 6) is -0.265. The second kappa shape index (κ2) is 10.3. The van der Waals surface area contributed by atoms with Crippen LogP contribution in [0.1, 0.15) is 27.9 Å². The van der Waals surface area contributed by atoms with Crippen molar-refractivity contribution in [2.45, 2.75) is 26.3 Å². The Morgan fingerprint density at radius 1 is 1.17 bits per heavy atom. The molecule has 0 aliphatic heterocycles. The monoisotopic (exact) mass is 435 g/mol. The minimum atomic E-state index is -0.787. The van der Waals surface area contributed by atoms with Gasteiger partial charge in [-0.25, -0.2) is 0 Å². The van der Waals surface area contributed by atoms with E-state index in [4.69, 9.17) is 11.6 Å². The van der Waals surface area contributed by atoms with Gasteiger partial charge in [0, 0.05) is 17.3 Å². The summed E-state index contributed by atoms with van der Waals surface area (Å²) in [5.41, 5.74) is 2.38. The van der Waals surface area contributed by atoms with Crippen molar-refractivity contribution in [1.82, 2.24) is 5.32 Å². The molecule has 2 amide bonds. The normalized spacial score (nSPS) is 11.6. The Labute approximate surface area is 178 Å². The minimum absolute atomic E-state index is 0.0574. The average Bonchev–Trinajstić information content (AvgIpc) is 2.64. The lowest BCUT2D eigenvalue weighted by atomic mass is 10.1. The van der Waals surface area contributed by atoms with E-state index in [1.165, 1.54) is 12.1 Å². The van der Waals surface area contributed by atoms with Gasteiger partial charge in [0.25, 0.3) is 11.6 Å². The van der Waals surface area contributed by atoms with Gasteiger partial charge < -0.3 is 10.6 Å². The van der Waals surface area contributed by atoms with Crippen LogP contribution in [-0.4, -0.2) is 34.8 Å². The molecule has 1 unspecified atom stereocenters. The summed E-state index contributed by atoms with van der Waals surface area (Å²) in [4.78, 5) is 35.8. The van der Waals surface area contributed by atoms with E-state index < -0.39 is 16.9 Å². The quantitative estimate of drug-likeness (QED) is 0.474. The average molecular weight is 436 g/mol. The van der Waals surface area contributed by atoms with E-state index in [0.29, 0.717) is 17.9 Å². The standard InChI is InChI=1S/C20H22ClN3O4S/c1-12-8-13(2)10-15(9-12)22-20(26)17(6-7-29-3)23-19(25)14-4-5-16(21)18(11-14)24(27)28/h4-5,8-11,17H,6-7H2,1-3H3,(H,22,26)(H,23,25). The lowest BCUT2D eigenvalue weighted by Crippen LogP contribution is -2.44. The lowest BCUT2D eigenvalue weighted by molar-refractivity contribution is -0.384. The number of benzene rings is 2. The molecule has 0 heterocycles. The van der Waals surface area contributed by atoms with E-state index >= 15 is 0 Å². The zero-order chi connectivity index (χ0) is 21.6. The van der Waals surface area contributed by atoms with Crippen molar-refractivity contribution >= 4 is 46.6 Å². The molecule has 0 saturated heterocycles. The molecule has 2 aromatic carbocycles. The Morgan fingerprint density at radius 3 is 2.41 bits per heavy atom. The Hall–Kier alpha value is -2.58. The molecule has 2 aromatic rings. The van der Waals surface area contributed by atoms with E-state index in [-0.39, 0.29) is 22.2 Å². The molecule has 0 aliphatic rings. The number of nitro groups is 1. The Balaban J connectivity index is 2.19. The molecule has 0 radical (unpaired) electrons. The first kappa shape index (κ1) is 22.7. The van der Waals surface area contributed by atoms with Gasteiger partial charge in [0.1, 0.15) is 11.1 Å². The molecular weight excluding hydrogens is 414 g/mol. The van der Waals surface area contributed by atoms with Crippen molar-refractivity contribution in [3.05, 3.63) is 68.2 Å². The van der Waals surface area contributed by atoms with Gasteiger partial charge >= 0.3 is 0 Å². The second-order valence-corrected chi connectivity index (χ2v) is 7.99. The SMILES string of the molecule is CSCCC(NC(=O)c1ccc(Cl)c([N+](=O)[O-])c1)C(=O)Nc1cc(C)cc(C)c1. The molecule has 1 atom stereocenters. The zero-order valence-corrected chi connectivity index (χ0v) is 17.9. The highest BCUT2D eigenvalue weighted by Crippen LogP contribution is 2.25. The van der Waals surface area contributed by atoms with Crippen molar-refractivity contribution in [1.29, 1.82) is 0 Å². The van der Waals surface area contributed by atoms with Gasteiger partial charge in [0.2, 0.25) is 5.91 Å². The van der Waals surface area contributed by atoms with Crippen LogP contribution in [0.2, 0.25) is 5.02 Å². The number of hydrogen-bond donors (Lipinski definition) is 2. The van der Waals surface area contributed by atoms with Crippen LogP contribution in [0.4, 0.5) is 11.4 Å². The first-order valence-electron chi connectivity index (χ1n) is 8.84. The van der Waals surface area contributed by atoms with Crippen molar-refractivity contribution in [2.24, 2.45) is 0 Å². The fourth-order valence-electron chi connectivity index (χ4n) is 2.82. The van der Waals surface area contributed by atoms with Gasteiger partial charge in [-0.15, -0.1) is 0 Å². The van der Waals surface area contributed by atoms with Gasteiger partial charge in [0.15, 0.2) is 0 Å². The maximum Gasteiger partial charge on any atom is 0.288 e. The number of carbonyl (C=O) groups excluding carboxylic acids is 2. The number of carbonyl (C=O) groups is 2. The Kier molecular flexibility index (Phi) is 8.04. The molecule has 0 aliphatic carbocycles. The summed E-state index contributed by atoms with van der Waals surface area (Å²) >= 11 is 7.35. The topological polar surface area (TPSA) is 101 Å². The zero-order valence-electron chi connectivity index (χ0n) is 16.3. The van der Waals surface area contributed by atoms with Gasteiger partial charge in [-0.2, -0.15) is 11.8 Å². The first-order valence-corrected chi connectivity index (χ1v) is 10.6. The van der Waals surface area contributed by atoms with E-state index in [0.717, 1.165) is 17.2 Å². The number of nitrogens with zero attached hydrogens (tertiary/aromatic N) is 1. The number of nitro benzene ring substituents is 1. The van der Waals surface area contributed by atoms with Crippen LogP contribution in [0, 0.1) is 24.0 Å². The molecule has 2 N–H and O–H groups in total. The third-order valence-corrected chi connectivity index (χ3v) is 5.09. The molecule has 0 fully saturated rings. The maximum atomic E-state index is 12.8. The number of aryl methyl sites for hydroxylation is 2. The third kappa shape index (κ3) is 6.47. The van der Waals surface area contributed by atoms with Crippen molar-refractivity contribution in [2.75, 3.05) is 17.3 Å². The van der Waals surface area contributed by atoms with Crippen molar-refractivity contribution in [3.8, 4) is 0 Å². The van der Waals surface area contributed by atoms with Crippen molar-refractivity contribution < 1.29 is 14.5 Å². The molecule has 0 spiro atoms. The highest BCUT2D eigenvalue weighted by Gasteiger charge is 2.23. The number of rotatable bonds is 8. The number of thioether (sulfide) groups is 1. The second-order valence-electron chi connectivity index (χ2n) is 6.60. The lowest BCUT2D eigenvalue weighted by Gasteiger charge is -2.19. The molecule has 29 heavy (non-hydrogen) atoms. The maximum absolute atomic E-state index is 12.8. The van der Waals surface area contributed by atoms with Gasteiger partial charge in [-0.1, -0.05) is 17.7 Å². The van der Waals surface area contributed by atoms with Crippen LogP contribution in [0.15, 0.2) is 36.4 Å². The predicted molar refractivity (Wildman–Crippen MR) is 117 cm³/mol. The highest BCUT2D eigenvalue weighted by atomic mass is 35.5. The molecule has 2 rings (SSSR count). The van der Waals surface area contributed by atoms with Crippen LogP contribution in [0.5, 0.6) is 0 Å². The van der Waals surface area contributed by atoms with E-state index in [1.54, 1.807) is 11.8 Å². The van der Waals surface area contributed by atoms with Gasteiger partial charge in [-0.3, -0.25) is 19.7 Å². The largest absolute Gasteiger partial charge is 0.340 e. The summed E-state index contributed by atoms with van der Waals surface area (Å²) < 4.78 is 0. The minimum Gasteiger partial charge on any atom is -0.340 e. The van der Waals surface area contributed by atoms with E-state index in [9.17, 15) is 19.7 Å². The molecule has 0 saturated carbocycles. The molecule has 0 aromatic heterocycles. The van der Waals surface area contributed by atoms with Crippen LogP contribution < -0.4 is 10.6 Å². The van der Waals surface area contributed by atoms with Crippen molar-refractivity contribution in [3.63, 3.8) is 0 Å². The van der Waals surface area contributed by atoms with Crippen LogP contribution in [0.3, 0.4) is 0 Å². The number of amides is 2. The fourth-order valence-corrected chi connectivity index (χ4v) is 3.47. The molecule has 9 heteroatoms. The number of anilines is 1. The van der Waals surface area contributed by atoms with Crippen LogP contribution in [0.25, 0.3) is 0 Å². The van der Waals surface area contributed by atoms with Gasteiger partial charge in [0.05, 0.1) is 4.92 Å². The smallest absolute Gasteiger partial charge is 0.288 e. The summed E-state index contributed by atoms with van der Waals surface area (Å²) in [6.45, 7) is 3.87. The number of hydrogen-bond acceptors (Lipinski definition) is 5. The predicted octanol–water partition coefficient (Wildman–Crippen LogP) is 4.36. The highest BCUT2D eigenvalue weighted by molar-refractivity contribution is 7.98.